The minimum atomic E-state index is 0.765. The van der Waals surface area contributed by atoms with Crippen molar-refractivity contribution in [2.24, 2.45) is 0 Å². The Kier molecular flexibility index (Phi) is 7.26. The highest BCUT2D eigenvalue weighted by atomic mass is 16.5. The van der Waals surface area contributed by atoms with Crippen molar-refractivity contribution in [2.45, 2.75) is 33.1 Å². The minimum Gasteiger partial charge on any atom is -0.494 e. The molecule has 0 aliphatic carbocycles. The average Bonchev–Trinajstić information content (AvgIpc) is 2.41. The lowest BCUT2D eigenvalue weighted by molar-refractivity contribution is 0.306. The highest BCUT2D eigenvalue weighted by Gasteiger charge is 2.05. The van der Waals surface area contributed by atoms with Gasteiger partial charge in [-0.15, -0.1) is 0 Å². The summed E-state index contributed by atoms with van der Waals surface area (Å²) in [4.78, 5) is 0. The molecular weight excluding hydrogens is 226 g/mol. The average molecular weight is 251 g/mol. The number of likely N-dealkylation sites (N-methyl/N-ethyl adjacent to an activating group) is 1. The number of ether oxygens (including phenoxy) is 2. The van der Waals surface area contributed by atoms with E-state index >= 15 is 0 Å². The molecule has 3 heteroatoms. The summed E-state index contributed by atoms with van der Waals surface area (Å²) in [5.74, 6) is 1.92. The Labute approximate surface area is 110 Å². The molecule has 0 heterocycles. The third kappa shape index (κ3) is 4.96. The van der Waals surface area contributed by atoms with E-state index in [0.29, 0.717) is 0 Å². The molecule has 0 fully saturated rings. The molecule has 102 valence electrons. The Balaban J connectivity index is 2.74. The smallest absolute Gasteiger partial charge is 0.122 e. The molecule has 0 spiro atoms. The summed E-state index contributed by atoms with van der Waals surface area (Å²) < 4.78 is 11.4. The van der Waals surface area contributed by atoms with Crippen molar-refractivity contribution in [2.75, 3.05) is 26.8 Å². The SMILES string of the molecule is CCCOc1ccc(OCCC)c(CCNC)c1. The molecule has 1 N–H and O–H groups in total. The van der Waals surface area contributed by atoms with Crippen LogP contribution in [0.1, 0.15) is 32.3 Å². The zero-order valence-electron chi connectivity index (χ0n) is 11.8. The highest BCUT2D eigenvalue weighted by molar-refractivity contribution is 5.40. The van der Waals surface area contributed by atoms with Crippen LogP contribution < -0.4 is 14.8 Å². The molecule has 0 aliphatic heterocycles. The van der Waals surface area contributed by atoms with E-state index in [1.165, 1.54) is 5.56 Å². The fourth-order valence-electron chi connectivity index (χ4n) is 1.67. The summed E-state index contributed by atoms with van der Waals surface area (Å²) in [6.45, 7) is 6.70. The highest BCUT2D eigenvalue weighted by Crippen LogP contribution is 2.25. The van der Waals surface area contributed by atoms with Crippen LogP contribution in [0.15, 0.2) is 18.2 Å². The first-order chi connectivity index (χ1) is 8.81. The van der Waals surface area contributed by atoms with E-state index in [2.05, 4.69) is 25.2 Å². The topological polar surface area (TPSA) is 30.5 Å². The van der Waals surface area contributed by atoms with Crippen molar-refractivity contribution in [3.63, 3.8) is 0 Å². The van der Waals surface area contributed by atoms with E-state index in [1.807, 2.05) is 19.2 Å². The predicted octanol–water partition coefficient (Wildman–Crippen LogP) is 3.03. The lowest BCUT2D eigenvalue weighted by Gasteiger charge is -2.13. The van der Waals surface area contributed by atoms with Crippen molar-refractivity contribution in [3.05, 3.63) is 23.8 Å². The van der Waals surface area contributed by atoms with E-state index in [0.717, 1.165) is 50.5 Å². The van der Waals surface area contributed by atoms with Crippen LogP contribution in [-0.4, -0.2) is 26.8 Å². The summed E-state index contributed by atoms with van der Waals surface area (Å²) >= 11 is 0. The molecular formula is C15H25NO2. The largest absolute Gasteiger partial charge is 0.494 e. The summed E-state index contributed by atoms with van der Waals surface area (Å²) in [5, 5.41) is 3.17. The van der Waals surface area contributed by atoms with Gasteiger partial charge < -0.3 is 14.8 Å². The van der Waals surface area contributed by atoms with Crippen molar-refractivity contribution in [1.29, 1.82) is 0 Å². The van der Waals surface area contributed by atoms with E-state index in [9.17, 15) is 0 Å². The molecule has 0 aromatic heterocycles. The van der Waals surface area contributed by atoms with Crippen molar-refractivity contribution in [1.82, 2.24) is 5.32 Å². The second-order valence-corrected chi connectivity index (χ2v) is 4.32. The fourth-order valence-corrected chi connectivity index (χ4v) is 1.67. The summed E-state index contributed by atoms with van der Waals surface area (Å²) in [7, 11) is 1.96. The molecule has 0 amide bonds. The second-order valence-electron chi connectivity index (χ2n) is 4.32. The zero-order chi connectivity index (χ0) is 13.2. The lowest BCUT2D eigenvalue weighted by Crippen LogP contribution is -2.11. The quantitative estimate of drug-likeness (QED) is 0.732. The maximum Gasteiger partial charge on any atom is 0.122 e. The monoisotopic (exact) mass is 251 g/mol. The van der Waals surface area contributed by atoms with Crippen LogP contribution in [0.2, 0.25) is 0 Å². The molecule has 1 aromatic rings. The maximum atomic E-state index is 5.76. The Morgan fingerprint density at radius 2 is 1.78 bits per heavy atom. The van der Waals surface area contributed by atoms with Gasteiger partial charge in [-0.05, 0) is 56.6 Å². The molecule has 0 aliphatic rings. The van der Waals surface area contributed by atoms with E-state index < -0.39 is 0 Å². The van der Waals surface area contributed by atoms with Crippen LogP contribution >= 0.6 is 0 Å². The van der Waals surface area contributed by atoms with Gasteiger partial charge in [-0.3, -0.25) is 0 Å². The molecule has 0 atom stereocenters. The molecule has 0 radical (unpaired) electrons. The number of hydrogen-bond acceptors (Lipinski definition) is 3. The second kappa shape index (κ2) is 8.81. The van der Waals surface area contributed by atoms with Crippen LogP contribution in [0.25, 0.3) is 0 Å². The van der Waals surface area contributed by atoms with Gasteiger partial charge in [-0.2, -0.15) is 0 Å². The number of hydrogen-bond donors (Lipinski definition) is 1. The number of rotatable bonds is 9. The van der Waals surface area contributed by atoms with E-state index in [1.54, 1.807) is 0 Å². The first-order valence-corrected chi connectivity index (χ1v) is 6.84. The Hall–Kier alpha value is -1.22. The molecule has 18 heavy (non-hydrogen) atoms. The van der Waals surface area contributed by atoms with Crippen LogP contribution in [-0.2, 0) is 6.42 Å². The third-order valence-corrected chi connectivity index (χ3v) is 2.61. The Morgan fingerprint density at radius 3 is 2.44 bits per heavy atom. The van der Waals surface area contributed by atoms with Gasteiger partial charge in [0, 0.05) is 0 Å². The normalized spacial score (nSPS) is 10.4. The molecule has 3 nitrogen and oxygen atoms in total. The molecule has 1 rings (SSSR count). The first-order valence-electron chi connectivity index (χ1n) is 6.84. The van der Waals surface area contributed by atoms with Gasteiger partial charge in [0.15, 0.2) is 0 Å². The molecule has 1 aromatic carbocycles. The van der Waals surface area contributed by atoms with Crippen molar-refractivity contribution >= 4 is 0 Å². The van der Waals surface area contributed by atoms with Crippen molar-refractivity contribution in [3.8, 4) is 11.5 Å². The Bertz CT molecular complexity index is 339. The predicted molar refractivity (Wildman–Crippen MR) is 75.6 cm³/mol. The summed E-state index contributed by atoms with van der Waals surface area (Å²) in [5.41, 5.74) is 1.21. The van der Waals surface area contributed by atoms with Gasteiger partial charge in [0.25, 0.3) is 0 Å². The van der Waals surface area contributed by atoms with Crippen molar-refractivity contribution < 1.29 is 9.47 Å². The van der Waals surface area contributed by atoms with Gasteiger partial charge in [-0.1, -0.05) is 13.8 Å². The zero-order valence-corrected chi connectivity index (χ0v) is 11.8. The third-order valence-electron chi connectivity index (χ3n) is 2.61. The lowest BCUT2D eigenvalue weighted by atomic mass is 10.1. The number of benzene rings is 1. The Morgan fingerprint density at radius 1 is 1.06 bits per heavy atom. The standard InChI is InChI=1S/C15H25NO2/c1-4-10-17-14-6-7-15(18-11-5-2)13(12-14)8-9-16-3/h6-7,12,16H,4-5,8-11H2,1-3H3. The van der Waals surface area contributed by atoms with E-state index in [4.69, 9.17) is 9.47 Å². The summed E-state index contributed by atoms with van der Waals surface area (Å²) in [6, 6.07) is 6.10. The molecule has 0 saturated carbocycles. The first kappa shape index (κ1) is 14.8. The van der Waals surface area contributed by atoms with Crippen LogP contribution in [0.3, 0.4) is 0 Å². The van der Waals surface area contributed by atoms with Gasteiger partial charge in [0.1, 0.15) is 11.5 Å². The number of nitrogens with one attached hydrogen (secondary N) is 1. The minimum absolute atomic E-state index is 0.765. The molecule has 0 bridgehead atoms. The van der Waals surface area contributed by atoms with Crippen LogP contribution in [0, 0.1) is 0 Å². The van der Waals surface area contributed by atoms with Gasteiger partial charge in [-0.25, -0.2) is 0 Å². The fraction of sp³-hybridized carbons (Fsp3) is 0.600. The van der Waals surface area contributed by atoms with Gasteiger partial charge in [0.05, 0.1) is 13.2 Å². The maximum absolute atomic E-state index is 5.76. The summed E-state index contributed by atoms with van der Waals surface area (Å²) in [6.07, 6.45) is 3.01. The van der Waals surface area contributed by atoms with Crippen LogP contribution in [0.4, 0.5) is 0 Å². The van der Waals surface area contributed by atoms with Gasteiger partial charge >= 0.3 is 0 Å². The molecule has 0 saturated heterocycles. The van der Waals surface area contributed by atoms with Crippen LogP contribution in [0.5, 0.6) is 11.5 Å². The van der Waals surface area contributed by atoms with E-state index in [-0.39, 0.29) is 0 Å². The van der Waals surface area contributed by atoms with Gasteiger partial charge in [0.2, 0.25) is 0 Å². The molecule has 0 unspecified atom stereocenters.